The minimum absolute atomic E-state index is 0.636. The van der Waals surface area contributed by atoms with E-state index in [1.54, 1.807) is 0 Å². The van der Waals surface area contributed by atoms with Crippen molar-refractivity contribution in [1.82, 2.24) is 9.97 Å². The van der Waals surface area contributed by atoms with Crippen molar-refractivity contribution in [1.29, 1.82) is 0 Å². The Balaban J connectivity index is 1.88. The second-order valence-electron chi connectivity index (χ2n) is 4.48. The molecular weight excluding hydrogens is 202 g/mol. The van der Waals surface area contributed by atoms with E-state index in [2.05, 4.69) is 27.6 Å². The standard InChI is InChI=1S/C11H19N5/c1-8-3-2-4-9(8)6-13-10-5-11(16-12)15-7-14-10/h5,7-9H,2-4,6,12H2,1H3,(H2,13,14,15,16). The number of hydrogen-bond acceptors (Lipinski definition) is 5. The van der Waals surface area contributed by atoms with Gasteiger partial charge in [-0.3, -0.25) is 0 Å². The third-order valence-electron chi connectivity index (χ3n) is 3.40. The highest BCUT2D eigenvalue weighted by Gasteiger charge is 2.22. The Morgan fingerprint density at radius 2 is 2.19 bits per heavy atom. The van der Waals surface area contributed by atoms with Crippen molar-refractivity contribution in [3.63, 3.8) is 0 Å². The van der Waals surface area contributed by atoms with Gasteiger partial charge in [-0.15, -0.1) is 0 Å². The van der Waals surface area contributed by atoms with E-state index >= 15 is 0 Å². The topological polar surface area (TPSA) is 75.9 Å². The third kappa shape index (κ3) is 2.61. The van der Waals surface area contributed by atoms with E-state index < -0.39 is 0 Å². The molecule has 1 aromatic heterocycles. The number of nitrogens with zero attached hydrogens (tertiary/aromatic N) is 2. The van der Waals surface area contributed by atoms with Crippen LogP contribution in [0.1, 0.15) is 26.2 Å². The number of nitrogen functional groups attached to an aromatic ring is 1. The Hall–Kier alpha value is -1.36. The number of aromatic nitrogens is 2. The fourth-order valence-electron chi connectivity index (χ4n) is 2.29. The van der Waals surface area contributed by atoms with Gasteiger partial charge in [0.05, 0.1) is 0 Å². The highest BCUT2D eigenvalue weighted by atomic mass is 15.3. The molecule has 0 radical (unpaired) electrons. The normalized spacial score (nSPS) is 24.4. The van der Waals surface area contributed by atoms with Crippen LogP contribution in [0.5, 0.6) is 0 Å². The maximum atomic E-state index is 5.29. The van der Waals surface area contributed by atoms with Crippen LogP contribution in [0.15, 0.2) is 12.4 Å². The van der Waals surface area contributed by atoms with E-state index in [-0.39, 0.29) is 0 Å². The highest BCUT2D eigenvalue weighted by Crippen LogP contribution is 2.31. The van der Waals surface area contributed by atoms with Crippen molar-refractivity contribution in [2.75, 3.05) is 17.3 Å². The molecule has 0 aliphatic heterocycles. The van der Waals surface area contributed by atoms with Gasteiger partial charge in [0.2, 0.25) is 0 Å². The lowest BCUT2D eigenvalue weighted by Gasteiger charge is -2.16. The molecule has 2 rings (SSSR count). The van der Waals surface area contributed by atoms with Crippen LogP contribution in [0.3, 0.4) is 0 Å². The van der Waals surface area contributed by atoms with Crippen LogP contribution >= 0.6 is 0 Å². The zero-order valence-corrected chi connectivity index (χ0v) is 9.61. The highest BCUT2D eigenvalue weighted by molar-refractivity contribution is 5.45. The maximum absolute atomic E-state index is 5.29. The van der Waals surface area contributed by atoms with Gasteiger partial charge in [0.25, 0.3) is 0 Å². The van der Waals surface area contributed by atoms with Crippen molar-refractivity contribution >= 4 is 11.6 Å². The van der Waals surface area contributed by atoms with Crippen molar-refractivity contribution in [2.45, 2.75) is 26.2 Å². The van der Waals surface area contributed by atoms with Gasteiger partial charge in [0.15, 0.2) is 0 Å². The molecule has 2 atom stereocenters. The minimum Gasteiger partial charge on any atom is -0.370 e. The summed E-state index contributed by atoms with van der Waals surface area (Å²) in [4.78, 5) is 8.12. The molecule has 88 valence electrons. The largest absolute Gasteiger partial charge is 0.370 e. The van der Waals surface area contributed by atoms with E-state index in [1.165, 1.54) is 25.6 Å². The summed E-state index contributed by atoms with van der Waals surface area (Å²) in [5, 5.41) is 3.35. The van der Waals surface area contributed by atoms with Crippen LogP contribution in [-0.2, 0) is 0 Å². The van der Waals surface area contributed by atoms with Crippen molar-refractivity contribution in [3.8, 4) is 0 Å². The average molecular weight is 221 g/mol. The molecule has 1 aromatic rings. The molecule has 0 bridgehead atoms. The van der Waals surface area contributed by atoms with Crippen LogP contribution in [0.4, 0.5) is 11.6 Å². The Labute approximate surface area is 95.8 Å². The lowest BCUT2D eigenvalue weighted by Crippen LogP contribution is -2.17. The van der Waals surface area contributed by atoms with E-state index in [0.717, 1.165) is 24.2 Å². The van der Waals surface area contributed by atoms with Gasteiger partial charge < -0.3 is 10.7 Å². The SMILES string of the molecule is CC1CCCC1CNc1cc(NN)ncn1. The lowest BCUT2D eigenvalue weighted by atomic mass is 9.98. The number of hydrogen-bond donors (Lipinski definition) is 3. The number of anilines is 2. The van der Waals surface area contributed by atoms with E-state index in [4.69, 9.17) is 5.84 Å². The predicted molar refractivity (Wildman–Crippen MR) is 64.8 cm³/mol. The van der Waals surface area contributed by atoms with Crippen molar-refractivity contribution in [2.24, 2.45) is 17.7 Å². The Kier molecular flexibility index (Phi) is 3.56. The fraction of sp³-hybridized carbons (Fsp3) is 0.636. The minimum atomic E-state index is 0.636. The molecular formula is C11H19N5. The summed E-state index contributed by atoms with van der Waals surface area (Å²) in [6.45, 7) is 3.31. The van der Waals surface area contributed by atoms with Crippen LogP contribution in [0.2, 0.25) is 0 Å². The van der Waals surface area contributed by atoms with E-state index in [1.807, 2.05) is 6.07 Å². The van der Waals surface area contributed by atoms with Crippen LogP contribution in [0.25, 0.3) is 0 Å². The number of rotatable bonds is 4. The second kappa shape index (κ2) is 5.12. The molecule has 2 unspecified atom stereocenters. The molecule has 0 amide bonds. The van der Waals surface area contributed by atoms with E-state index in [9.17, 15) is 0 Å². The van der Waals surface area contributed by atoms with Gasteiger partial charge in [0, 0.05) is 12.6 Å². The first-order chi connectivity index (χ1) is 7.79. The molecule has 16 heavy (non-hydrogen) atoms. The zero-order chi connectivity index (χ0) is 11.4. The first-order valence-electron chi connectivity index (χ1n) is 5.82. The molecule has 0 spiro atoms. The Morgan fingerprint density at radius 1 is 1.38 bits per heavy atom. The molecule has 1 aliphatic rings. The van der Waals surface area contributed by atoms with Gasteiger partial charge in [-0.05, 0) is 18.3 Å². The lowest BCUT2D eigenvalue weighted by molar-refractivity contribution is 0.439. The monoisotopic (exact) mass is 221 g/mol. The Morgan fingerprint density at radius 3 is 2.88 bits per heavy atom. The molecule has 1 aliphatic carbocycles. The summed E-state index contributed by atoms with van der Waals surface area (Å²) < 4.78 is 0. The molecule has 0 saturated heterocycles. The van der Waals surface area contributed by atoms with Gasteiger partial charge in [-0.25, -0.2) is 15.8 Å². The van der Waals surface area contributed by atoms with Crippen LogP contribution < -0.4 is 16.6 Å². The summed E-state index contributed by atoms with van der Waals surface area (Å²) in [6, 6.07) is 1.82. The van der Waals surface area contributed by atoms with Gasteiger partial charge in [-0.1, -0.05) is 19.8 Å². The first-order valence-corrected chi connectivity index (χ1v) is 5.82. The van der Waals surface area contributed by atoms with Gasteiger partial charge >= 0.3 is 0 Å². The molecule has 0 aromatic carbocycles. The summed E-state index contributed by atoms with van der Waals surface area (Å²) in [6.07, 6.45) is 5.54. The molecule has 4 N–H and O–H groups in total. The summed E-state index contributed by atoms with van der Waals surface area (Å²) >= 11 is 0. The molecule has 1 saturated carbocycles. The number of hydrazine groups is 1. The number of nitrogens with two attached hydrogens (primary N) is 1. The molecule has 5 nitrogen and oxygen atoms in total. The molecule has 1 heterocycles. The van der Waals surface area contributed by atoms with Crippen molar-refractivity contribution < 1.29 is 0 Å². The Bertz CT molecular complexity index is 341. The fourth-order valence-corrected chi connectivity index (χ4v) is 2.29. The quantitative estimate of drug-likeness (QED) is 0.532. The van der Waals surface area contributed by atoms with Crippen molar-refractivity contribution in [3.05, 3.63) is 12.4 Å². The maximum Gasteiger partial charge on any atom is 0.145 e. The smallest absolute Gasteiger partial charge is 0.145 e. The number of nitrogens with one attached hydrogen (secondary N) is 2. The summed E-state index contributed by atoms with van der Waals surface area (Å²) in [7, 11) is 0. The molecule has 5 heteroatoms. The zero-order valence-electron chi connectivity index (χ0n) is 9.61. The van der Waals surface area contributed by atoms with E-state index in [0.29, 0.717) is 5.82 Å². The van der Waals surface area contributed by atoms with Crippen LogP contribution in [-0.4, -0.2) is 16.5 Å². The molecule has 1 fully saturated rings. The summed E-state index contributed by atoms with van der Waals surface area (Å²) in [5.74, 6) is 8.35. The third-order valence-corrected chi connectivity index (χ3v) is 3.40. The summed E-state index contributed by atoms with van der Waals surface area (Å²) in [5.41, 5.74) is 2.51. The van der Waals surface area contributed by atoms with Crippen LogP contribution in [0, 0.1) is 11.8 Å². The van der Waals surface area contributed by atoms with Gasteiger partial charge in [0.1, 0.15) is 18.0 Å². The average Bonchev–Trinajstić information content (AvgIpc) is 2.72. The predicted octanol–water partition coefficient (Wildman–Crippen LogP) is 1.61. The first kappa shape index (κ1) is 11.1. The second-order valence-corrected chi connectivity index (χ2v) is 4.48. The van der Waals surface area contributed by atoms with Gasteiger partial charge in [-0.2, -0.15) is 0 Å².